The molecule has 0 bridgehead atoms. The number of hydrogen-bond donors (Lipinski definition) is 4. The van der Waals surface area contributed by atoms with Crippen LogP contribution in [0.3, 0.4) is 0 Å². The van der Waals surface area contributed by atoms with Gasteiger partial charge in [-0.25, -0.2) is 4.79 Å². The molecule has 0 aromatic carbocycles. The van der Waals surface area contributed by atoms with Gasteiger partial charge in [0.15, 0.2) is 0 Å². The van der Waals surface area contributed by atoms with E-state index in [1.165, 1.54) is 17.5 Å². The maximum atomic E-state index is 12.0. The van der Waals surface area contributed by atoms with Crippen LogP contribution in [0, 0.1) is 11.3 Å². The van der Waals surface area contributed by atoms with Crippen molar-refractivity contribution in [2.45, 2.75) is 13.0 Å². The Morgan fingerprint density at radius 2 is 2.35 bits per heavy atom. The van der Waals surface area contributed by atoms with Crippen LogP contribution in [0.2, 0.25) is 0 Å². The molecule has 4 N–H and O–H groups in total. The Morgan fingerprint density at radius 1 is 1.50 bits per heavy atom. The minimum atomic E-state index is -0.440. The summed E-state index contributed by atoms with van der Waals surface area (Å²) in [4.78, 5) is 28.8. The molecular formula is C12H11N5O2S. The van der Waals surface area contributed by atoms with Crippen molar-refractivity contribution in [3.63, 3.8) is 0 Å². The lowest BCUT2D eigenvalue weighted by Crippen LogP contribution is -2.22. The van der Waals surface area contributed by atoms with E-state index in [9.17, 15) is 14.9 Å². The third-order valence-electron chi connectivity index (χ3n) is 3.11. The first-order valence-electron chi connectivity index (χ1n) is 6.03. The third-order valence-corrected chi connectivity index (χ3v) is 4.25. The molecule has 0 saturated carbocycles. The summed E-state index contributed by atoms with van der Waals surface area (Å²) < 4.78 is 0. The van der Waals surface area contributed by atoms with E-state index in [0.717, 1.165) is 23.4 Å². The van der Waals surface area contributed by atoms with Gasteiger partial charge in [-0.05, 0) is 18.5 Å². The summed E-state index contributed by atoms with van der Waals surface area (Å²) in [6.45, 7) is 1.54. The second-order valence-corrected chi connectivity index (χ2v) is 5.46. The zero-order valence-corrected chi connectivity index (χ0v) is 11.2. The Bertz CT molecular complexity index is 764. The Labute approximate surface area is 117 Å². The molecule has 7 nitrogen and oxygen atoms in total. The molecule has 0 aliphatic carbocycles. The van der Waals surface area contributed by atoms with Crippen molar-refractivity contribution in [3.8, 4) is 6.07 Å². The van der Waals surface area contributed by atoms with Crippen LogP contribution in [-0.2, 0) is 13.0 Å². The molecule has 0 radical (unpaired) electrons. The lowest BCUT2D eigenvalue weighted by molar-refractivity contribution is 0.102. The van der Waals surface area contributed by atoms with Crippen molar-refractivity contribution >= 4 is 22.2 Å². The van der Waals surface area contributed by atoms with Crippen molar-refractivity contribution in [2.24, 2.45) is 0 Å². The molecule has 102 valence electrons. The summed E-state index contributed by atoms with van der Waals surface area (Å²) in [5, 5.41) is 15.7. The van der Waals surface area contributed by atoms with E-state index >= 15 is 0 Å². The molecule has 3 heterocycles. The first-order valence-corrected chi connectivity index (χ1v) is 6.85. The molecule has 1 aliphatic heterocycles. The van der Waals surface area contributed by atoms with E-state index in [-0.39, 0.29) is 5.69 Å². The fraction of sp³-hybridized carbons (Fsp3) is 0.250. The summed E-state index contributed by atoms with van der Waals surface area (Å²) >= 11 is 1.40. The second kappa shape index (κ2) is 4.96. The Morgan fingerprint density at radius 3 is 3.05 bits per heavy atom. The van der Waals surface area contributed by atoms with Crippen LogP contribution in [0.15, 0.2) is 11.0 Å². The van der Waals surface area contributed by atoms with Gasteiger partial charge in [-0.2, -0.15) is 5.26 Å². The average molecular weight is 289 g/mol. The highest BCUT2D eigenvalue weighted by Crippen LogP contribution is 2.34. The largest absolute Gasteiger partial charge is 0.323 e. The zero-order chi connectivity index (χ0) is 14.1. The van der Waals surface area contributed by atoms with Crippen LogP contribution in [0.4, 0.5) is 5.00 Å². The Kier molecular flexibility index (Phi) is 3.14. The van der Waals surface area contributed by atoms with E-state index < -0.39 is 11.6 Å². The molecule has 0 atom stereocenters. The minimum Gasteiger partial charge on any atom is -0.312 e. The number of H-pyrrole nitrogens is 2. The van der Waals surface area contributed by atoms with Crippen LogP contribution in [0.1, 0.15) is 26.5 Å². The first-order chi connectivity index (χ1) is 9.69. The number of amides is 1. The summed E-state index contributed by atoms with van der Waals surface area (Å²) in [5.74, 6) is -0.439. The predicted molar refractivity (Wildman–Crippen MR) is 73.8 cm³/mol. The number of imidazole rings is 1. The fourth-order valence-corrected chi connectivity index (χ4v) is 3.33. The average Bonchev–Trinajstić information content (AvgIpc) is 3.01. The van der Waals surface area contributed by atoms with Gasteiger partial charge in [-0.1, -0.05) is 0 Å². The van der Waals surface area contributed by atoms with Crippen molar-refractivity contribution < 1.29 is 4.79 Å². The number of aromatic amines is 2. The SMILES string of the molecule is N#Cc1c(NC(=O)c2c[nH]c(=O)[nH]2)sc2c1CCNC2. The van der Waals surface area contributed by atoms with Crippen molar-refractivity contribution in [1.82, 2.24) is 15.3 Å². The third kappa shape index (κ3) is 2.13. The topological polar surface area (TPSA) is 114 Å². The molecule has 1 aliphatic rings. The number of carbonyl (C=O) groups excluding carboxylic acids is 1. The summed E-state index contributed by atoms with van der Waals surface area (Å²) in [6, 6.07) is 2.15. The molecule has 3 rings (SSSR count). The molecule has 20 heavy (non-hydrogen) atoms. The van der Waals surface area contributed by atoms with Gasteiger partial charge < -0.3 is 20.6 Å². The van der Waals surface area contributed by atoms with Crippen LogP contribution in [0.25, 0.3) is 0 Å². The van der Waals surface area contributed by atoms with Crippen molar-refractivity contribution in [2.75, 3.05) is 11.9 Å². The Hall–Kier alpha value is -2.37. The normalized spacial score (nSPS) is 13.6. The number of fused-ring (bicyclic) bond motifs is 1. The second-order valence-electron chi connectivity index (χ2n) is 4.36. The number of nitrogens with one attached hydrogen (secondary N) is 4. The molecular weight excluding hydrogens is 278 g/mol. The van der Waals surface area contributed by atoms with Crippen molar-refractivity contribution in [3.05, 3.63) is 38.4 Å². The number of carbonyl (C=O) groups is 1. The van der Waals surface area contributed by atoms with Gasteiger partial charge >= 0.3 is 5.69 Å². The molecule has 2 aromatic rings. The number of thiophene rings is 1. The number of aromatic nitrogens is 2. The number of anilines is 1. The summed E-state index contributed by atoms with van der Waals surface area (Å²) in [6.07, 6.45) is 2.09. The predicted octanol–water partition coefficient (Wildman–Crippen LogP) is 0.534. The van der Waals surface area contributed by atoms with E-state index in [4.69, 9.17) is 0 Å². The monoisotopic (exact) mass is 289 g/mol. The molecule has 0 saturated heterocycles. The van der Waals surface area contributed by atoms with Gasteiger partial charge in [0.05, 0.1) is 5.56 Å². The molecule has 1 amide bonds. The zero-order valence-electron chi connectivity index (χ0n) is 10.4. The minimum absolute atomic E-state index is 0.142. The van der Waals surface area contributed by atoms with E-state index in [0.29, 0.717) is 17.1 Å². The van der Waals surface area contributed by atoms with Gasteiger partial charge in [0.1, 0.15) is 16.8 Å². The van der Waals surface area contributed by atoms with Crippen molar-refractivity contribution in [1.29, 1.82) is 5.26 Å². The maximum absolute atomic E-state index is 12.0. The van der Waals surface area contributed by atoms with Gasteiger partial charge in [-0.15, -0.1) is 11.3 Å². The summed E-state index contributed by atoms with van der Waals surface area (Å²) in [5.41, 5.74) is 1.24. The van der Waals surface area contributed by atoms with E-state index in [1.54, 1.807) is 0 Å². The fourth-order valence-electron chi connectivity index (χ4n) is 2.17. The first kappa shape index (κ1) is 12.7. The van der Waals surface area contributed by atoms with Gasteiger partial charge in [0.2, 0.25) is 0 Å². The molecule has 8 heteroatoms. The van der Waals surface area contributed by atoms with Crippen LogP contribution >= 0.6 is 11.3 Å². The highest BCUT2D eigenvalue weighted by Gasteiger charge is 2.22. The lowest BCUT2D eigenvalue weighted by Gasteiger charge is -2.11. The molecule has 0 unspecified atom stereocenters. The molecule has 0 fully saturated rings. The lowest BCUT2D eigenvalue weighted by atomic mass is 10.1. The molecule has 2 aromatic heterocycles. The van der Waals surface area contributed by atoms with Crippen LogP contribution < -0.4 is 16.3 Å². The highest BCUT2D eigenvalue weighted by molar-refractivity contribution is 7.16. The smallest absolute Gasteiger partial charge is 0.312 e. The number of hydrogen-bond acceptors (Lipinski definition) is 5. The van der Waals surface area contributed by atoms with Crippen LogP contribution in [0.5, 0.6) is 0 Å². The van der Waals surface area contributed by atoms with Crippen LogP contribution in [-0.4, -0.2) is 22.4 Å². The number of nitriles is 1. The number of nitrogens with zero attached hydrogens (tertiary/aromatic N) is 1. The van der Waals surface area contributed by atoms with Gasteiger partial charge in [0.25, 0.3) is 5.91 Å². The Balaban J connectivity index is 1.91. The van der Waals surface area contributed by atoms with Gasteiger partial charge in [0, 0.05) is 17.6 Å². The maximum Gasteiger partial charge on any atom is 0.323 e. The standard InChI is InChI=1S/C12H11N5O2S/c13-3-7-6-1-2-14-5-9(6)20-11(7)17-10(18)8-4-15-12(19)16-8/h4,14H,1-2,5H2,(H,17,18)(H2,15,16,19). The van der Waals surface area contributed by atoms with E-state index in [1.807, 2.05) is 0 Å². The quantitative estimate of drug-likeness (QED) is 0.646. The van der Waals surface area contributed by atoms with E-state index in [2.05, 4.69) is 26.7 Å². The highest BCUT2D eigenvalue weighted by atomic mass is 32.1. The molecule has 0 spiro atoms. The van der Waals surface area contributed by atoms with Gasteiger partial charge in [-0.3, -0.25) is 4.79 Å². The summed E-state index contributed by atoms with van der Waals surface area (Å²) in [7, 11) is 0. The number of rotatable bonds is 2.